The van der Waals surface area contributed by atoms with Gasteiger partial charge in [0.15, 0.2) is 0 Å². The summed E-state index contributed by atoms with van der Waals surface area (Å²) in [5.41, 5.74) is 7.50. The highest BCUT2D eigenvalue weighted by atomic mass is 19.1. The van der Waals surface area contributed by atoms with Crippen molar-refractivity contribution in [2.45, 2.75) is 6.42 Å². The summed E-state index contributed by atoms with van der Waals surface area (Å²) in [6, 6.07) is 13.0. The average molecular weight is 283 g/mol. The van der Waals surface area contributed by atoms with Gasteiger partial charge in [-0.1, -0.05) is 12.1 Å². The number of nitrogens with one attached hydrogen (secondary N) is 1. The number of primary amides is 1. The van der Waals surface area contributed by atoms with E-state index in [9.17, 15) is 9.18 Å². The largest absolute Gasteiger partial charge is 0.384 e. The Morgan fingerprint density at radius 3 is 2.81 bits per heavy atom. The van der Waals surface area contributed by atoms with Crippen molar-refractivity contribution >= 4 is 11.6 Å². The van der Waals surface area contributed by atoms with Crippen molar-refractivity contribution in [1.82, 2.24) is 0 Å². The van der Waals surface area contributed by atoms with Gasteiger partial charge in [-0.05, 0) is 42.3 Å². The maximum Gasteiger partial charge on any atom is 0.248 e. The molecule has 106 valence electrons. The van der Waals surface area contributed by atoms with E-state index in [1.54, 1.807) is 18.2 Å². The van der Waals surface area contributed by atoms with Crippen LogP contribution in [0.5, 0.6) is 0 Å². The zero-order valence-corrected chi connectivity index (χ0v) is 11.3. The standard InChI is InChI=1S/C16H14FN3O/c17-14-4-5-15(13(9-14)10-18)20-7-6-11-2-1-3-12(8-11)16(19)21/h1-5,8-9,20H,6-7H2,(H2,19,21). The summed E-state index contributed by atoms with van der Waals surface area (Å²) in [7, 11) is 0. The zero-order valence-electron chi connectivity index (χ0n) is 11.3. The fraction of sp³-hybridized carbons (Fsp3) is 0.125. The lowest BCUT2D eigenvalue weighted by Gasteiger charge is -2.08. The quantitative estimate of drug-likeness (QED) is 0.884. The Hall–Kier alpha value is -2.87. The van der Waals surface area contributed by atoms with Crippen LogP contribution >= 0.6 is 0 Å². The fourth-order valence-corrected chi connectivity index (χ4v) is 1.98. The molecule has 3 N–H and O–H groups in total. The van der Waals surface area contributed by atoms with E-state index in [1.807, 2.05) is 12.1 Å². The molecule has 0 heterocycles. The molecule has 0 unspecified atom stereocenters. The molecule has 0 aliphatic carbocycles. The molecule has 5 heteroatoms. The Balaban J connectivity index is 2.00. The summed E-state index contributed by atoms with van der Waals surface area (Å²) in [6.45, 7) is 0.558. The predicted molar refractivity (Wildman–Crippen MR) is 78.3 cm³/mol. The first kappa shape index (κ1) is 14.5. The van der Waals surface area contributed by atoms with Crippen molar-refractivity contribution in [1.29, 1.82) is 5.26 Å². The van der Waals surface area contributed by atoms with Crippen LogP contribution in [0.1, 0.15) is 21.5 Å². The van der Waals surface area contributed by atoms with Crippen molar-refractivity contribution in [3.05, 3.63) is 65.0 Å². The van der Waals surface area contributed by atoms with Crippen molar-refractivity contribution < 1.29 is 9.18 Å². The number of nitrogens with zero attached hydrogens (tertiary/aromatic N) is 1. The lowest BCUT2D eigenvalue weighted by Crippen LogP contribution is -2.12. The van der Waals surface area contributed by atoms with Crippen LogP contribution < -0.4 is 11.1 Å². The number of halogens is 1. The van der Waals surface area contributed by atoms with Gasteiger partial charge < -0.3 is 11.1 Å². The van der Waals surface area contributed by atoms with Crippen LogP contribution in [0.3, 0.4) is 0 Å². The number of amides is 1. The lowest BCUT2D eigenvalue weighted by molar-refractivity contribution is 0.1000. The van der Waals surface area contributed by atoms with Gasteiger partial charge in [0, 0.05) is 12.1 Å². The van der Waals surface area contributed by atoms with Gasteiger partial charge in [0.2, 0.25) is 5.91 Å². The molecule has 0 fully saturated rings. The molecule has 4 nitrogen and oxygen atoms in total. The van der Waals surface area contributed by atoms with Crippen LogP contribution in [-0.2, 0) is 6.42 Å². The molecule has 0 saturated carbocycles. The van der Waals surface area contributed by atoms with Crippen molar-refractivity contribution in [3.8, 4) is 6.07 Å². The minimum Gasteiger partial charge on any atom is -0.384 e. The first-order valence-electron chi connectivity index (χ1n) is 6.42. The molecule has 2 aromatic rings. The SMILES string of the molecule is N#Cc1cc(F)ccc1NCCc1cccc(C(N)=O)c1. The predicted octanol–water partition coefficient (Wildman–Crippen LogP) is 2.45. The van der Waals surface area contributed by atoms with Crippen molar-refractivity contribution in [3.63, 3.8) is 0 Å². The molecule has 0 bridgehead atoms. The number of anilines is 1. The minimum atomic E-state index is -0.463. The number of benzene rings is 2. The minimum absolute atomic E-state index is 0.265. The van der Waals surface area contributed by atoms with Crippen LogP contribution in [0.2, 0.25) is 0 Å². The first-order valence-corrected chi connectivity index (χ1v) is 6.42. The van der Waals surface area contributed by atoms with Crippen molar-refractivity contribution in [2.24, 2.45) is 5.73 Å². The van der Waals surface area contributed by atoms with Crippen LogP contribution in [0.25, 0.3) is 0 Å². The van der Waals surface area contributed by atoms with Gasteiger partial charge in [-0.25, -0.2) is 4.39 Å². The Morgan fingerprint density at radius 1 is 1.29 bits per heavy atom. The molecule has 0 radical (unpaired) electrons. The third kappa shape index (κ3) is 3.80. The molecular weight excluding hydrogens is 269 g/mol. The number of nitriles is 1. The van der Waals surface area contributed by atoms with E-state index in [0.29, 0.717) is 24.2 Å². The summed E-state index contributed by atoms with van der Waals surface area (Å²) in [4.78, 5) is 11.1. The molecule has 1 amide bonds. The number of hydrogen-bond acceptors (Lipinski definition) is 3. The second kappa shape index (κ2) is 6.53. The fourth-order valence-electron chi connectivity index (χ4n) is 1.98. The van der Waals surface area contributed by atoms with E-state index < -0.39 is 11.7 Å². The number of rotatable bonds is 5. The molecule has 2 rings (SSSR count). The number of carbonyl (C=O) groups is 1. The summed E-state index contributed by atoms with van der Waals surface area (Å²) in [5, 5.41) is 12.0. The van der Waals surface area contributed by atoms with E-state index in [4.69, 9.17) is 11.0 Å². The molecule has 0 aliphatic rings. The van der Waals surface area contributed by atoms with Gasteiger partial charge in [0.25, 0.3) is 0 Å². The number of carbonyl (C=O) groups excluding carboxylic acids is 1. The summed E-state index contributed by atoms with van der Waals surface area (Å²) in [6.07, 6.45) is 0.656. The van der Waals surface area contributed by atoms with Crippen molar-refractivity contribution in [2.75, 3.05) is 11.9 Å². The Morgan fingerprint density at radius 2 is 2.10 bits per heavy atom. The van der Waals surface area contributed by atoms with E-state index in [2.05, 4.69) is 5.32 Å². The molecule has 2 aromatic carbocycles. The second-order valence-corrected chi connectivity index (χ2v) is 4.54. The highest BCUT2D eigenvalue weighted by molar-refractivity contribution is 5.92. The van der Waals surface area contributed by atoms with E-state index in [1.165, 1.54) is 18.2 Å². The van der Waals surface area contributed by atoms with Crippen LogP contribution in [-0.4, -0.2) is 12.5 Å². The van der Waals surface area contributed by atoms with Crippen LogP contribution in [0.15, 0.2) is 42.5 Å². The summed E-state index contributed by atoms with van der Waals surface area (Å²) in [5.74, 6) is -0.902. The smallest absolute Gasteiger partial charge is 0.248 e. The topological polar surface area (TPSA) is 78.9 Å². The molecule has 0 aliphatic heterocycles. The van der Waals surface area contributed by atoms with Gasteiger partial charge in [-0.15, -0.1) is 0 Å². The van der Waals surface area contributed by atoms with Gasteiger partial charge in [-0.2, -0.15) is 5.26 Å². The summed E-state index contributed by atoms with van der Waals surface area (Å²) >= 11 is 0. The van der Waals surface area contributed by atoms with E-state index >= 15 is 0 Å². The average Bonchev–Trinajstić information content (AvgIpc) is 2.49. The highest BCUT2D eigenvalue weighted by Gasteiger charge is 2.04. The van der Waals surface area contributed by atoms with E-state index in [0.717, 1.165) is 5.56 Å². The normalized spacial score (nSPS) is 9.90. The maximum atomic E-state index is 13.0. The van der Waals surface area contributed by atoms with Gasteiger partial charge >= 0.3 is 0 Å². The van der Waals surface area contributed by atoms with Gasteiger partial charge in [0.1, 0.15) is 11.9 Å². The summed E-state index contributed by atoms with van der Waals surface area (Å²) < 4.78 is 13.0. The Labute approximate surface area is 122 Å². The molecular formula is C16H14FN3O. The van der Waals surface area contributed by atoms with Crippen LogP contribution in [0, 0.1) is 17.1 Å². The first-order chi connectivity index (χ1) is 10.1. The zero-order chi connectivity index (χ0) is 15.2. The Kier molecular flexibility index (Phi) is 4.52. The molecule has 0 saturated heterocycles. The highest BCUT2D eigenvalue weighted by Crippen LogP contribution is 2.16. The third-order valence-corrected chi connectivity index (χ3v) is 3.04. The Bertz CT molecular complexity index is 707. The lowest BCUT2D eigenvalue weighted by atomic mass is 10.1. The molecule has 0 atom stereocenters. The number of nitrogens with two attached hydrogens (primary N) is 1. The maximum absolute atomic E-state index is 13.0. The number of hydrogen-bond donors (Lipinski definition) is 2. The second-order valence-electron chi connectivity index (χ2n) is 4.54. The van der Waals surface area contributed by atoms with Gasteiger partial charge in [0.05, 0.1) is 11.3 Å². The van der Waals surface area contributed by atoms with Gasteiger partial charge in [-0.3, -0.25) is 4.79 Å². The molecule has 21 heavy (non-hydrogen) atoms. The third-order valence-electron chi connectivity index (χ3n) is 3.04. The molecule has 0 spiro atoms. The molecule has 0 aromatic heterocycles. The van der Waals surface area contributed by atoms with Crippen LogP contribution in [0.4, 0.5) is 10.1 Å². The monoisotopic (exact) mass is 283 g/mol. The van der Waals surface area contributed by atoms with E-state index in [-0.39, 0.29) is 5.56 Å².